The summed E-state index contributed by atoms with van der Waals surface area (Å²) in [6, 6.07) is -1.77. The van der Waals surface area contributed by atoms with Gasteiger partial charge in [-0.3, -0.25) is 67.3 Å². The average Bonchev–Trinajstić information content (AvgIpc) is 1.59. The molecule has 3 saturated heterocycles. The van der Waals surface area contributed by atoms with Crippen LogP contribution in [0.2, 0.25) is 0 Å². The first-order chi connectivity index (χ1) is 44.9. The highest BCUT2D eigenvalue weighted by molar-refractivity contribution is 8.77. The number of aromatic amines is 1. The van der Waals surface area contributed by atoms with Gasteiger partial charge in [0.25, 0.3) is 0 Å². The summed E-state index contributed by atoms with van der Waals surface area (Å²) < 4.78 is 0. The van der Waals surface area contributed by atoms with Crippen molar-refractivity contribution in [2.45, 2.75) is 132 Å². The molecule has 36 heteroatoms. The number of primary amides is 1. The second-order valence-corrected chi connectivity index (χ2v) is 27.5. The van der Waals surface area contributed by atoms with Crippen molar-refractivity contribution in [3.63, 3.8) is 0 Å². The lowest BCUT2D eigenvalue weighted by atomic mass is 9.96. The van der Waals surface area contributed by atoms with E-state index >= 15 is 9.59 Å². The molecule has 2 aromatic carbocycles. The average molecular weight is 1380 g/mol. The van der Waals surface area contributed by atoms with Crippen molar-refractivity contribution in [2.75, 3.05) is 49.3 Å². The van der Waals surface area contributed by atoms with Gasteiger partial charge in [0.1, 0.15) is 66.5 Å². The van der Waals surface area contributed by atoms with E-state index < -0.39 is 175 Å². The largest absolute Gasteiger partial charge is 0.481 e. The van der Waals surface area contributed by atoms with E-state index in [0.717, 1.165) is 48.1 Å². The maximum absolute atomic E-state index is 15.2. The lowest BCUT2D eigenvalue weighted by Gasteiger charge is -2.31. The summed E-state index contributed by atoms with van der Waals surface area (Å²) in [7, 11) is 3.56. The Balaban J connectivity index is 1.52. The number of aliphatic hydroxyl groups is 1. The predicted molar refractivity (Wildman–Crippen MR) is 353 cm³/mol. The first kappa shape index (κ1) is 74.7. The van der Waals surface area contributed by atoms with Crippen LogP contribution in [0.25, 0.3) is 10.9 Å². The number of aliphatic imine (C=N–C) groups is 1. The third-order valence-electron chi connectivity index (χ3n) is 15.5. The Bertz CT molecular complexity index is 3250. The summed E-state index contributed by atoms with van der Waals surface area (Å²) in [5, 5.41) is 47.1. The highest BCUT2D eigenvalue weighted by Crippen LogP contribution is 2.27. The molecule has 6 rings (SSSR count). The van der Waals surface area contributed by atoms with Gasteiger partial charge in [-0.1, -0.05) is 112 Å². The molecular weight excluding hydrogens is 1300 g/mol. The van der Waals surface area contributed by atoms with E-state index in [1.165, 1.54) is 0 Å². The Labute approximate surface area is 556 Å². The SMILES string of the molecule is CC[C@H](C)[C@@H]1NC(=O)[C@H](Cc2c[nH]c3ccccc23)NC(=O)[C@@H]2CSSC[C@H](NC(=O)CN)C(=O)N[C@@H](CSSC[C@@H](C(N)=O)NC(=O)[C@H](Cc3ccccc3)NC1=O)C(=O)N[C@@H](CO)C(=O)N[C@@H](CC(=O)O)C(=O)N1CCC[C@H]1C(=O)N[C@@H](CCCN=C(N)N)C(=O)N2. The number of hydrogen-bond donors (Lipinski definition) is 17. The van der Waals surface area contributed by atoms with Gasteiger partial charge in [-0.25, -0.2) is 0 Å². The summed E-state index contributed by atoms with van der Waals surface area (Å²) >= 11 is 0. The number of rotatable bonds is 16. The molecule has 0 radical (unpaired) electrons. The molecule has 1 aromatic heterocycles. The summed E-state index contributed by atoms with van der Waals surface area (Å²) in [5.74, 6) is -15.7. The number of nitrogens with one attached hydrogen (secondary N) is 11. The van der Waals surface area contributed by atoms with Crippen molar-refractivity contribution in [1.29, 1.82) is 0 Å². The number of nitrogens with two attached hydrogens (primary N) is 4. The molecule has 0 spiro atoms. The second-order valence-electron chi connectivity index (χ2n) is 22.4. The van der Waals surface area contributed by atoms with Crippen molar-refractivity contribution < 1.29 is 72.5 Å². The van der Waals surface area contributed by atoms with Crippen molar-refractivity contribution in [2.24, 2.45) is 33.8 Å². The monoisotopic (exact) mass is 1380 g/mol. The normalized spacial score (nSPS) is 26.0. The van der Waals surface area contributed by atoms with Crippen LogP contribution in [0.15, 0.2) is 65.8 Å². The number of para-hydroxylation sites is 1. The Morgan fingerprint density at radius 2 is 1.23 bits per heavy atom. The quantitative estimate of drug-likeness (QED) is 0.0279. The Morgan fingerprint density at radius 3 is 1.88 bits per heavy atom. The molecule has 3 fully saturated rings. The zero-order valence-electron chi connectivity index (χ0n) is 51.6. The van der Waals surface area contributed by atoms with Gasteiger partial charge in [0.15, 0.2) is 5.96 Å². The molecule has 21 N–H and O–H groups in total. The number of nitrogens with zero attached hydrogens (tertiary/aromatic N) is 2. The number of carboxylic acids is 1. The molecule has 0 saturated carbocycles. The number of benzene rings is 2. The van der Waals surface area contributed by atoms with E-state index in [-0.39, 0.29) is 74.8 Å². The van der Waals surface area contributed by atoms with Gasteiger partial charge in [0, 0.05) is 66.0 Å². The number of aromatic nitrogens is 1. The van der Waals surface area contributed by atoms with Gasteiger partial charge < -0.3 is 96.2 Å². The molecular formula is C58H81N17O15S4. The fourth-order valence-corrected chi connectivity index (χ4v) is 14.9. The highest BCUT2D eigenvalue weighted by atomic mass is 33.1. The molecule has 0 aliphatic carbocycles. The molecule has 2 bridgehead atoms. The molecule has 94 heavy (non-hydrogen) atoms. The fourth-order valence-electron chi connectivity index (χ4n) is 10.2. The zero-order chi connectivity index (χ0) is 68.6. The number of guanidine groups is 1. The van der Waals surface area contributed by atoms with E-state index in [2.05, 4.69) is 63.1 Å². The van der Waals surface area contributed by atoms with Gasteiger partial charge in [0.2, 0.25) is 70.9 Å². The molecule has 3 aromatic rings. The number of carboxylic acid groups (broad SMARTS) is 1. The lowest BCUT2D eigenvalue weighted by molar-refractivity contribution is -0.146. The summed E-state index contributed by atoms with van der Waals surface area (Å²) in [6.07, 6.45) is 0.537. The minimum absolute atomic E-state index is 0.0104. The van der Waals surface area contributed by atoms with Crippen LogP contribution in [0.4, 0.5) is 0 Å². The van der Waals surface area contributed by atoms with Crippen LogP contribution in [0, 0.1) is 5.92 Å². The number of carbonyl (C=O) groups excluding carboxylic acids is 12. The number of aliphatic hydroxyl groups excluding tert-OH is 1. The van der Waals surface area contributed by atoms with Crippen molar-refractivity contribution in [3.8, 4) is 0 Å². The number of carbonyl (C=O) groups is 13. The van der Waals surface area contributed by atoms with Crippen LogP contribution >= 0.6 is 43.2 Å². The van der Waals surface area contributed by atoms with E-state index in [4.69, 9.17) is 22.9 Å². The summed E-state index contributed by atoms with van der Waals surface area (Å²) in [4.78, 5) is 193. The predicted octanol–water partition coefficient (Wildman–Crippen LogP) is -4.41. The number of H-pyrrole nitrogens is 1. The molecule has 4 heterocycles. The number of aliphatic carboxylic acids is 1. The molecule has 3 aliphatic rings. The van der Waals surface area contributed by atoms with Gasteiger partial charge in [-0.15, -0.1) is 0 Å². The van der Waals surface area contributed by atoms with E-state index in [0.29, 0.717) is 28.5 Å². The van der Waals surface area contributed by atoms with Crippen LogP contribution in [-0.2, 0) is 75.2 Å². The van der Waals surface area contributed by atoms with Crippen LogP contribution in [0.3, 0.4) is 0 Å². The van der Waals surface area contributed by atoms with Crippen molar-refractivity contribution in [3.05, 3.63) is 71.9 Å². The Hall–Kier alpha value is -8.32. The van der Waals surface area contributed by atoms with E-state index in [1.54, 1.807) is 74.6 Å². The smallest absolute Gasteiger partial charge is 0.305 e. The fraction of sp³-hybridized carbons (Fsp3) is 0.517. The highest BCUT2D eigenvalue weighted by Gasteiger charge is 2.42. The van der Waals surface area contributed by atoms with E-state index in [9.17, 15) is 63.0 Å². The molecule has 3 aliphatic heterocycles. The summed E-state index contributed by atoms with van der Waals surface area (Å²) in [6.45, 7) is 1.49. The van der Waals surface area contributed by atoms with E-state index in [1.807, 2.05) is 0 Å². The van der Waals surface area contributed by atoms with Gasteiger partial charge in [-0.2, -0.15) is 0 Å². The third kappa shape index (κ3) is 22.2. The minimum atomic E-state index is -1.93. The van der Waals surface area contributed by atoms with Crippen LogP contribution < -0.4 is 76.1 Å². The lowest BCUT2D eigenvalue weighted by Crippen LogP contribution is -2.62. The first-order valence-electron chi connectivity index (χ1n) is 30.2. The van der Waals surface area contributed by atoms with Crippen molar-refractivity contribution in [1.82, 2.24) is 63.1 Å². The topological polar surface area (TPSA) is 518 Å². The second kappa shape index (κ2) is 36.9. The number of amides is 12. The number of fused-ring (bicyclic) bond motifs is 10. The maximum Gasteiger partial charge on any atom is 0.305 e. The van der Waals surface area contributed by atoms with Crippen LogP contribution in [0.1, 0.15) is 63.5 Å². The third-order valence-corrected chi connectivity index (χ3v) is 20.4. The zero-order valence-corrected chi connectivity index (χ0v) is 54.8. The minimum Gasteiger partial charge on any atom is -0.481 e. The summed E-state index contributed by atoms with van der Waals surface area (Å²) in [5.41, 5.74) is 24.5. The maximum atomic E-state index is 15.2. The van der Waals surface area contributed by atoms with Gasteiger partial charge in [-0.05, 0) is 48.8 Å². The first-order valence-corrected chi connectivity index (χ1v) is 35.2. The molecule has 0 unspecified atom stereocenters. The molecule has 12 atom stereocenters. The number of hydrogen-bond acceptors (Lipinski definition) is 20. The standard InChI is InChI=1S/C58H81N17O15S4/c1-3-29(2)46-56(89)68-35(19-30-11-5-4-6-12-30)49(82)71-39(47(60)80)25-91-93-28-42-54(87)70-38(24-76)51(84)69-37(21-45(78)79)57(90)75-18-10-16-43(75)55(88)66-34(15-9-17-63-58(61)62)48(81)72-41(27-94-92-26-40(52(85)73-42)65-44(77)22-59)53(86)67-36(50(83)74-46)20-31-23-64-33-14-8-7-13-32(31)33/h4-8,11-14,23,29,34-43,46,64,76H,3,9-10,15-22,24-28,59H2,1-2H3,(H2,60,80)(H,65,77)(H,66,88)(H,67,86)(H,68,89)(H,69,84)(H,70,87)(H,71,82)(H,72,81)(H,73,85)(H,74,83)(H,78,79)(H4,61,62,63)/t29-,34-,35-,36-,37-,38-,39-,40-,41-,42-,43-,46-/m0/s1. The molecule has 12 amide bonds. The van der Waals surface area contributed by atoms with Crippen LogP contribution in [-0.4, -0.2) is 219 Å². The molecule has 512 valence electrons. The Morgan fingerprint density at radius 1 is 0.660 bits per heavy atom. The molecule has 32 nitrogen and oxygen atoms in total. The van der Waals surface area contributed by atoms with Crippen molar-refractivity contribution >= 4 is 137 Å². The van der Waals surface area contributed by atoms with Gasteiger partial charge >= 0.3 is 5.97 Å². The van der Waals surface area contributed by atoms with Gasteiger partial charge in [0.05, 0.1) is 19.6 Å². The Kier molecular flexibility index (Phi) is 29.4. The van der Waals surface area contributed by atoms with Crippen LogP contribution in [0.5, 0.6) is 0 Å².